The van der Waals surface area contributed by atoms with Gasteiger partial charge in [0.2, 0.25) is 10.0 Å². The molecule has 10 heteroatoms. The van der Waals surface area contributed by atoms with Gasteiger partial charge in [-0.25, -0.2) is 13.6 Å². The lowest BCUT2D eigenvalue weighted by Crippen LogP contribution is -2.12. The SMILES string of the molecule is CC(=NNc1ccc(S(N)(=O)=O)cc1[N+](=O)[O-])c1ccccc1O. The number of nitro benzene ring substituents is 1. The highest BCUT2D eigenvalue weighted by Crippen LogP contribution is 2.27. The first kappa shape index (κ1) is 17.4. The average Bonchev–Trinajstić information content (AvgIpc) is 2.51. The number of hydrogen-bond donors (Lipinski definition) is 3. The minimum atomic E-state index is -4.06. The molecule has 0 aliphatic rings. The molecule has 0 saturated heterocycles. The summed E-state index contributed by atoms with van der Waals surface area (Å²) in [6.45, 7) is 1.60. The Hall–Kier alpha value is -2.98. The standard InChI is InChI=1S/C14H14N4O5S/c1-9(11-4-2-3-5-14(11)19)16-17-12-7-6-10(24(15,22)23)8-13(12)18(20)21/h2-8,17,19H,1H3,(H2,15,22,23). The molecule has 0 spiro atoms. The normalized spacial score (nSPS) is 12.0. The summed E-state index contributed by atoms with van der Waals surface area (Å²) < 4.78 is 22.6. The Labute approximate surface area is 137 Å². The Morgan fingerprint density at radius 2 is 1.96 bits per heavy atom. The third-order valence-corrected chi connectivity index (χ3v) is 4.04. The summed E-state index contributed by atoms with van der Waals surface area (Å²) in [6.07, 6.45) is 0. The van der Waals surface area contributed by atoms with E-state index in [-0.39, 0.29) is 16.3 Å². The van der Waals surface area contributed by atoms with Crippen LogP contribution in [-0.4, -0.2) is 24.2 Å². The number of sulfonamides is 1. The van der Waals surface area contributed by atoms with Gasteiger partial charge in [-0.2, -0.15) is 5.10 Å². The number of benzene rings is 2. The van der Waals surface area contributed by atoms with Gasteiger partial charge in [-0.3, -0.25) is 15.5 Å². The van der Waals surface area contributed by atoms with Gasteiger partial charge in [-0.15, -0.1) is 0 Å². The molecule has 0 atom stereocenters. The van der Waals surface area contributed by atoms with Gasteiger partial charge in [0.15, 0.2) is 0 Å². The number of primary sulfonamides is 1. The highest BCUT2D eigenvalue weighted by Gasteiger charge is 2.19. The summed E-state index contributed by atoms with van der Waals surface area (Å²) in [5.74, 6) is 0.0135. The summed E-state index contributed by atoms with van der Waals surface area (Å²) in [5, 5.41) is 29.8. The van der Waals surface area contributed by atoms with E-state index in [2.05, 4.69) is 10.5 Å². The molecule has 0 fully saturated rings. The van der Waals surface area contributed by atoms with Crippen molar-refractivity contribution in [2.75, 3.05) is 5.43 Å². The van der Waals surface area contributed by atoms with Crippen LogP contribution in [0.25, 0.3) is 0 Å². The molecule has 0 saturated carbocycles. The molecule has 0 bridgehead atoms. The summed E-state index contributed by atoms with van der Waals surface area (Å²) >= 11 is 0. The van der Waals surface area contributed by atoms with Gasteiger partial charge in [0.25, 0.3) is 5.69 Å². The summed E-state index contributed by atoms with van der Waals surface area (Å²) in [5.41, 5.74) is 2.84. The lowest BCUT2D eigenvalue weighted by molar-refractivity contribution is -0.384. The maximum atomic E-state index is 11.3. The van der Waals surface area contributed by atoms with E-state index in [1.807, 2.05) is 0 Å². The van der Waals surface area contributed by atoms with Gasteiger partial charge in [0.05, 0.1) is 15.5 Å². The Morgan fingerprint density at radius 3 is 2.54 bits per heavy atom. The van der Waals surface area contributed by atoms with Crippen molar-refractivity contribution in [3.8, 4) is 5.75 Å². The van der Waals surface area contributed by atoms with Crippen LogP contribution in [0.2, 0.25) is 0 Å². The number of hydrogen-bond acceptors (Lipinski definition) is 7. The third-order valence-electron chi connectivity index (χ3n) is 3.13. The second kappa shape index (κ2) is 6.64. The molecule has 4 N–H and O–H groups in total. The zero-order chi connectivity index (χ0) is 17.9. The first-order chi connectivity index (χ1) is 11.2. The van der Waals surface area contributed by atoms with E-state index in [4.69, 9.17) is 5.14 Å². The van der Waals surface area contributed by atoms with Crippen molar-refractivity contribution in [1.82, 2.24) is 0 Å². The van der Waals surface area contributed by atoms with Crippen molar-refractivity contribution in [3.63, 3.8) is 0 Å². The molecule has 2 aromatic carbocycles. The fourth-order valence-electron chi connectivity index (χ4n) is 1.92. The maximum Gasteiger partial charge on any atom is 0.295 e. The van der Waals surface area contributed by atoms with Gasteiger partial charge in [-0.05, 0) is 31.2 Å². The van der Waals surface area contributed by atoms with Crippen molar-refractivity contribution in [3.05, 3.63) is 58.1 Å². The van der Waals surface area contributed by atoms with Crippen LogP contribution < -0.4 is 10.6 Å². The molecule has 0 unspecified atom stereocenters. The van der Waals surface area contributed by atoms with E-state index >= 15 is 0 Å². The average molecular weight is 350 g/mol. The van der Waals surface area contributed by atoms with Gasteiger partial charge in [0, 0.05) is 11.6 Å². The Balaban J connectivity index is 2.38. The zero-order valence-electron chi connectivity index (χ0n) is 12.5. The zero-order valence-corrected chi connectivity index (χ0v) is 13.3. The minimum absolute atomic E-state index is 0.0119. The number of rotatable bonds is 5. The Kier molecular flexibility index (Phi) is 4.81. The molecule has 0 radical (unpaired) electrons. The molecular weight excluding hydrogens is 336 g/mol. The smallest absolute Gasteiger partial charge is 0.295 e. The number of hydrazone groups is 1. The number of nitrogens with one attached hydrogen (secondary N) is 1. The first-order valence-corrected chi connectivity index (χ1v) is 8.14. The fourth-order valence-corrected chi connectivity index (χ4v) is 2.45. The second-order valence-corrected chi connectivity index (χ2v) is 6.37. The number of nitro groups is 1. The maximum absolute atomic E-state index is 11.3. The largest absolute Gasteiger partial charge is 0.507 e. The van der Waals surface area contributed by atoms with E-state index in [0.29, 0.717) is 11.3 Å². The topological polar surface area (TPSA) is 148 Å². The Bertz CT molecular complexity index is 925. The molecule has 0 amide bonds. The predicted molar refractivity (Wildman–Crippen MR) is 88.4 cm³/mol. The van der Waals surface area contributed by atoms with Crippen LogP contribution in [-0.2, 0) is 10.0 Å². The number of phenolic OH excluding ortho intramolecular Hbond substituents is 1. The fraction of sp³-hybridized carbons (Fsp3) is 0.0714. The highest BCUT2D eigenvalue weighted by molar-refractivity contribution is 7.89. The van der Waals surface area contributed by atoms with Crippen molar-refractivity contribution in [2.45, 2.75) is 11.8 Å². The van der Waals surface area contributed by atoms with Crippen LogP contribution in [0.1, 0.15) is 12.5 Å². The molecule has 9 nitrogen and oxygen atoms in total. The number of nitrogens with two attached hydrogens (primary N) is 1. The van der Waals surface area contributed by atoms with Gasteiger partial charge < -0.3 is 5.11 Å². The number of phenols is 1. The molecule has 0 heterocycles. The van der Waals surface area contributed by atoms with E-state index in [1.165, 1.54) is 12.1 Å². The van der Waals surface area contributed by atoms with Crippen LogP contribution in [0.5, 0.6) is 5.75 Å². The monoisotopic (exact) mass is 350 g/mol. The number of aromatic hydroxyl groups is 1. The van der Waals surface area contributed by atoms with Crippen molar-refractivity contribution in [2.24, 2.45) is 10.2 Å². The molecule has 2 aromatic rings. The van der Waals surface area contributed by atoms with Crippen molar-refractivity contribution >= 4 is 27.1 Å². The van der Waals surface area contributed by atoms with Crippen molar-refractivity contribution in [1.29, 1.82) is 0 Å². The molecular formula is C14H14N4O5S. The number of para-hydroxylation sites is 1. The van der Waals surface area contributed by atoms with E-state index in [9.17, 15) is 23.6 Å². The highest BCUT2D eigenvalue weighted by atomic mass is 32.2. The first-order valence-electron chi connectivity index (χ1n) is 6.60. The quantitative estimate of drug-likeness (QED) is 0.425. The van der Waals surface area contributed by atoms with Crippen LogP contribution in [0, 0.1) is 10.1 Å². The van der Waals surface area contributed by atoms with Gasteiger partial charge in [-0.1, -0.05) is 12.1 Å². The Morgan fingerprint density at radius 1 is 1.29 bits per heavy atom. The number of anilines is 1. The molecule has 0 aliphatic heterocycles. The van der Waals surface area contributed by atoms with Crippen LogP contribution in [0.4, 0.5) is 11.4 Å². The van der Waals surface area contributed by atoms with Crippen LogP contribution in [0.15, 0.2) is 52.5 Å². The number of nitrogens with zero attached hydrogens (tertiary/aromatic N) is 2. The molecule has 2 rings (SSSR count). The van der Waals surface area contributed by atoms with Crippen molar-refractivity contribution < 1.29 is 18.4 Å². The molecule has 0 aromatic heterocycles. The molecule has 126 valence electrons. The minimum Gasteiger partial charge on any atom is -0.507 e. The summed E-state index contributed by atoms with van der Waals surface area (Å²) in [6, 6.07) is 9.65. The second-order valence-electron chi connectivity index (χ2n) is 4.81. The van der Waals surface area contributed by atoms with E-state index < -0.39 is 20.6 Å². The van der Waals surface area contributed by atoms with E-state index in [0.717, 1.165) is 12.1 Å². The predicted octanol–water partition coefficient (Wildman–Crippen LogP) is 1.78. The van der Waals surface area contributed by atoms with Gasteiger partial charge >= 0.3 is 0 Å². The van der Waals surface area contributed by atoms with E-state index in [1.54, 1.807) is 25.1 Å². The lowest BCUT2D eigenvalue weighted by atomic mass is 10.1. The lowest BCUT2D eigenvalue weighted by Gasteiger charge is -2.07. The van der Waals surface area contributed by atoms with Crippen LogP contribution >= 0.6 is 0 Å². The summed E-state index contributed by atoms with van der Waals surface area (Å²) in [7, 11) is -4.06. The third kappa shape index (κ3) is 3.86. The molecule has 24 heavy (non-hydrogen) atoms. The molecule has 0 aliphatic carbocycles. The summed E-state index contributed by atoms with van der Waals surface area (Å²) in [4.78, 5) is 9.99. The van der Waals surface area contributed by atoms with Crippen LogP contribution in [0.3, 0.4) is 0 Å². The van der Waals surface area contributed by atoms with Gasteiger partial charge in [0.1, 0.15) is 11.4 Å².